The number of aromatic nitrogens is 2. The van der Waals surface area contributed by atoms with Crippen LogP contribution in [0.15, 0.2) is 12.4 Å². The molecule has 78 valence electrons. The smallest absolute Gasteiger partial charge is 0.392 e. The molecule has 0 aliphatic rings. The van der Waals surface area contributed by atoms with E-state index in [1.165, 1.54) is 12.4 Å². The Labute approximate surface area is 77.9 Å². The zero-order chi connectivity index (χ0) is 10.6. The number of ether oxygens (including phenoxy) is 1. The van der Waals surface area contributed by atoms with Crippen molar-refractivity contribution in [2.45, 2.75) is 12.6 Å². The fourth-order valence-corrected chi connectivity index (χ4v) is 0.659. The molecule has 0 amide bonds. The second-order valence-electron chi connectivity index (χ2n) is 2.51. The predicted molar refractivity (Wildman–Crippen MR) is 42.6 cm³/mol. The molecule has 4 nitrogen and oxygen atoms in total. The molecule has 0 saturated heterocycles. The Morgan fingerprint density at radius 1 is 1.29 bits per heavy atom. The van der Waals surface area contributed by atoms with Gasteiger partial charge in [-0.2, -0.15) is 13.2 Å². The van der Waals surface area contributed by atoms with E-state index in [4.69, 9.17) is 5.73 Å². The standard InChI is InChI=1S/C7H8F3N3O/c8-7(9,10)1-2-14-6-12-3-5(11)4-13-6/h3-4H,1-2,11H2. The Bertz CT molecular complexity index is 285. The Morgan fingerprint density at radius 3 is 2.36 bits per heavy atom. The Hall–Kier alpha value is -1.53. The fourth-order valence-electron chi connectivity index (χ4n) is 0.659. The van der Waals surface area contributed by atoms with Crippen molar-refractivity contribution in [1.29, 1.82) is 0 Å². The van der Waals surface area contributed by atoms with Crippen LogP contribution in [0.3, 0.4) is 0 Å². The van der Waals surface area contributed by atoms with Crippen molar-refractivity contribution in [2.24, 2.45) is 0 Å². The normalized spacial score (nSPS) is 11.4. The summed E-state index contributed by atoms with van der Waals surface area (Å²) in [4.78, 5) is 7.14. The van der Waals surface area contributed by atoms with Crippen molar-refractivity contribution in [1.82, 2.24) is 9.97 Å². The summed E-state index contributed by atoms with van der Waals surface area (Å²) in [6.45, 7) is -0.493. The molecule has 7 heteroatoms. The van der Waals surface area contributed by atoms with Gasteiger partial charge in [-0.05, 0) is 0 Å². The van der Waals surface area contributed by atoms with E-state index >= 15 is 0 Å². The Kier molecular flexibility index (Phi) is 3.10. The third kappa shape index (κ3) is 3.92. The summed E-state index contributed by atoms with van der Waals surface area (Å²) in [6, 6.07) is -0.108. The van der Waals surface area contributed by atoms with Crippen LogP contribution in [0.1, 0.15) is 6.42 Å². The topological polar surface area (TPSA) is 61.0 Å². The lowest BCUT2D eigenvalue weighted by atomic mass is 10.4. The first-order valence-electron chi connectivity index (χ1n) is 3.74. The highest BCUT2D eigenvalue weighted by atomic mass is 19.4. The molecular weight excluding hydrogens is 199 g/mol. The van der Waals surface area contributed by atoms with Crippen molar-refractivity contribution in [2.75, 3.05) is 12.3 Å². The minimum Gasteiger partial charge on any atom is -0.463 e. The van der Waals surface area contributed by atoms with Crippen LogP contribution < -0.4 is 10.5 Å². The van der Waals surface area contributed by atoms with Gasteiger partial charge in [0, 0.05) is 0 Å². The molecule has 0 saturated carbocycles. The van der Waals surface area contributed by atoms with Crippen LogP contribution in [0.4, 0.5) is 18.9 Å². The summed E-state index contributed by atoms with van der Waals surface area (Å²) >= 11 is 0. The lowest BCUT2D eigenvalue weighted by molar-refractivity contribution is -0.139. The molecule has 0 atom stereocenters. The predicted octanol–water partition coefficient (Wildman–Crippen LogP) is 1.39. The molecule has 14 heavy (non-hydrogen) atoms. The molecule has 0 radical (unpaired) electrons. The van der Waals surface area contributed by atoms with Crippen LogP contribution in [0, 0.1) is 0 Å². The summed E-state index contributed by atoms with van der Waals surface area (Å²) in [7, 11) is 0. The molecule has 0 aromatic carbocycles. The van der Waals surface area contributed by atoms with Gasteiger partial charge in [0.25, 0.3) is 0 Å². The molecule has 2 N–H and O–H groups in total. The van der Waals surface area contributed by atoms with Gasteiger partial charge >= 0.3 is 12.2 Å². The van der Waals surface area contributed by atoms with Crippen LogP contribution in [-0.2, 0) is 0 Å². The van der Waals surface area contributed by atoms with Crippen molar-refractivity contribution in [3.8, 4) is 6.01 Å². The van der Waals surface area contributed by atoms with Gasteiger partial charge in [0.05, 0.1) is 24.5 Å². The van der Waals surface area contributed by atoms with E-state index in [2.05, 4.69) is 14.7 Å². The number of nitrogens with two attached hydrogens (primary N) is 1. The molecule has 0 unspecified atom stereocenters. The Morgan fingerprint density at radius 2 is 1.86 bits per heavy atom. The second kappa shape index (κ2) is 4.12. The van der Waals surface area contributed by atoms with Crippen molar-refractivity contribution >= 4 is 5.69 Å². The number of nitrogens with zero attached hydrogens (tertiary/aromatic N) is 2. The molecule has 1 rings (SSSR count). The summed E-state index contributed by atoms with van der Waals surface area (Å²) in [5, 5.41) is 0. The summed E-state index contributed by atoms with van der Waals surface area (Å²) < 4.78 is 39.7. The number of halogens is 3. The van der Waals surface area contributed by atoms with Gasteiger partial charge in [-0.15, -0.1) is 0 Å². The Balaban J connectivity index is 2.35. The zero-order valence-corrected chi connectivity index (χ0v) is 7.08. The van der Waals surface area contributed by atoms with Crippen molar-refractivity contribution in [3.63, 3.8) is 0 Å². The summed E-state index contributed by atoms with van der Waals surface area (Å²) in [6.07, 6.45) is -2.74. The minimum absolute atomic E-state index is 0.108. The molecule has 1 aromatic rings. The first-order chi connectivity index (χ1) is 6.47. The first kappa shape index (κ1) is 10.6. The number of hydrogen-bond donors (Lipinski definition) is 1. The highest BCUT2D eigenvalue weighted by molar-refractivity contribution is 5.30. The van der Waals surface area contributed by atoms with E-state index in [1.54, 1.807) is 0 Å². The largest absolute Gasteiger partial charge is 0.463 e. The molecule has 1 aromatic heterocycles. The molecule has 1 heterocycles. The van der Waals surface area contributed by atoms with E-state index in [-0.39, 0.29) is 6.01 Å². The van der Waals surface area contributed by atoms with E-state index in [1.807, 2.05) is 0 Å². The maximum atomic E-state index is 11.7. The lowest BCUT2D eigenvalue weighted by Crippen LogP contribution is -2.13. The number of nitrogen functional groups attached to an aromatic ring is 1. The van der Waals surface area contributed by atoms with Crippen molar-refractivity contribution < 1.29 is 17.9 Å². The molecule has 0 aliphatic carbocycles. The van der Waals surface area contributed by atoms with Gasteiger partial charge in [-0.3, -0.25) is 0 Å². The zero-order valence-electron chi connectivity index (χ0n) is 7.08. The molecule has 0 bridgehead atoms. The van der Waals surface area contributed by atoms with Gasteiger partial charge in [-0.1, -0.05) is 0 Å². The maximum absolute atomic E-state index is 11.7. The van der Waals surface area contributed by atoms with E-state index < -0.39 is 19.2 Å². The van der Waals surface area contributed by atoms with E-state index in [9.17, 15) is 13.2 Å². The quantitative estimate of drug-likeness (QED) is 0.813. The highest BCUT2D eigenvalue weighted by Gasteiger charge is 2.26. The number of hydrogen-bond acceptors (Lipinski definition) is 4. The first-order valence-corrected chi connectivity index (χ1v) is 3.74. The maximum Gasteiger partial charge on any atom is 0.392 e. The SMILES string of the molecule is Nc1cnc(OCCC(F)(F)F)nc1. The average molecular weight is 207 g/mol. The lowest BCUT2D eigenvalue weighted by Gasteiger charge is -2.06. The fraction of sp³-hybridized carbons (Fsp3) is 0.429. The molecule has 0 spiro atoms. The third-order valence-electron chi connectivity index (χ3n) is 1.26. The third-order valence-corrected chi connectivity index (χ3v) is 1.26. The average Bonchev–Trinajstić information content (AvgIpc) is 2.06. The monoisotopic (exact) mass is 207 g/mol. The molecular formula is C7H8F3N3O. The van der Waals surface area contributed by atoms with Crippen LogP contribution in [-0.4, -0.2) is 22.8 Å². The van der Waals surface area contributed by atoms with Crippen LogP contribution >= 0.6 is 0 Å². The number of rotatable bonds is 3. The van der Waals surface area contributed by atoms with E-state index in [0.717, 1.165) is 0 Å². The van der Waals surface area contributed by atoms with Gasteiger partial charge in [-0.25, -0.2) is 9.97 Å². The minimum atomic E-state index is -4.23. The molecule has 0 aliphatic heterocycles. The van der Waals surface area contributed by atoms with Crippen LogP contribution in [0.25, 0.3) is 0 Å². The summed E-state index contributed by atoms with van der Waals surface area (Å²) in [5.41, 5.74) is 5.59. The molecule has 0 fully saturated rings. The van der Waals surface area contributed by atoms with Gasteiger partial charge in [0.15, 0.2) is 0 Å². The highest BCUT2D eigenvalue weighted by Crippen LogP contribution is 2.19. The van der Waals surface area contributed by atoms with Gasteiger partial charge in [0.1, 0.15) is 6.61 Å². The van der Waals surface area contributed by atoms with Crippen molar-refractivity contribution in [3.05, 3.63) is 12.4 Å². The van der Waals surface area contributed by atoms with Crippen LogP contribution in [0.5, 0.6) is 6.01 Å². The number of anilines is 1. The van der Waals surface area contributed by atoms with E-state index in [0.29, 0.717) is 5.69 Å². The number of alkyl halides is 3. The van der Waals surface area contributed by atoms with Crippen LogP contribution in [0.2, 0.25) is 0 Å². The van der Waals surface area contributed by atoms with Gasteiger partial charge < -0.3 is 10.5 Å². The van der Waals surface area contributed by atoms with Gasteiger partial charge in [0.2, 0.25) is 0 Å². The summed E-state index contributed by atoms with van der Waals surface area (Å²) in [5.74, 6) is 0. The second-order valence-corrected chi connectivity index (χ2v) is 2.51.